The van der Waals surface area contributed by atoms with E-state index in [9.17, 15) is 13.2 Å². The Morgan fingerprint density at radius 2 is 1.87 bits per heavy atom. The predicted molar refractivity (Wildman–Crippen MR) is 105 cm³/mol. The van der Waals surface area contributed by atoms with Gasteiger partial charge in [0.25, 0.3) is 0 Å². The summed E-state index contributed by atoms with van der Waals surface area (Å²) in [5.74, 6) is -1.46. The van der Waals surface area contributed by atoms with Crippen LogP contribution in [0, 0.1) is 5.92 Å². The highest BCUT2D eigenvalue weighted by molar-refractivity contribution is 5.82. The van der Waals surface area contributed by atoms with E-state index >= 15 is 0 Å². The molecule has 0 radical (unpaired) electrons. The SMILES string of the molecule is O=C(O)C(F)(F)F.c1cc2cc(-c3ccc(O[C@H]4CN5CCC4CC5)nn3)ccc2o1. The summed E-state index contributed by atoms with van der Waals surface area (Å²) < 4.78 is 43.2. The number of carbonyl (C=O) groups is 1. The molecule has 2 aromatic heterocycles. The number of benzene rings is 1. The van der Waals surface area contributed by atoms with E-state index in [0.717, 1.165) is 28.8 Å². The second kappa shape index (κ2) is 8.54. The summed E-state index contributed by atoms with van der Waals surface area (Å²) in [5, 5.41) is 16.8. The highest BCUT2D eigenvalue weighted by Gasteiger charge is 2.38. The average molecular weight is 435 g/mol. The molecule has 10 heteroatoms. The number of hydrogen-bond donors (Lipinski definition) is 1. The Kier molecular flexibility index (Phi) is 5.81. The van der Waals surface area contributed by atoms with Gasteiger partial charge in [-0.3, -0.25) is 4.90 Å². The Morgan fingerprint density at radius 1 is 1.13 bits per heavy atom. The van der Waals surface area contributed by atoms with Gasteiger partial charge in [-0.2, -0.15) is 13.2 Å². The molecule has 0 amide bonds. The van der Waals surface area contributed by atoms with Gasteiger partial charge >= 0.3 is 12.1 Å². The summed E-state index contributed by atoms with van der Waals surface area (Å²) >= 11 is 0. The molecule has 3 aromatic rings. The van der Waals surface area contributed by atoms with E-state index in [2.05, 4.69) is 21.2 Å². The minimum atomic E-state index is -5.08. The average Bonchev–Trinajstić information content (AvgIpc) is 3.23. The first-order valence-corrected chi connectivity index (χ1v) is 9.80. The molecule has 0 spiro atoms. The van der Waals surface area contributed by atoms with E-state index in [1.807, 2.05) is 30.3 Å². The Balaban J connectivity index is 0.000000289. The number of alkyl halides is 3. The van der Waals surface area contributed by atoms with Crippen molar-refractivity contribution in [1.82, 2.24) is 15.1 Å². The van der Waals surface area contributed by atoms with Crippen LogP contribution in [0.1, 0.15) is 12.8 Å². The molecule has 0 aliphatic carbocycles. The summed E-state index contributed by atoms with van der Waals surface area (Å²) in [6.07, 6.45) is -0.651. The Hall–Kier alpha value is -3.14. The number of halogens is 3. The fraction of sp³-hybridized carbons (Fsp3) is 0.381. The standard InChI is InChI=1S/C19H19N3O2.C2HF3O2/c1-3-17-15(7-10-23-17)11-14(1)16-2-4-19(21-20-16)24-18-12-22-8-5-13(18)6-9-22;3-2(4,5)1(6)7/h1-4,7,10-11,13,18H,5-6,8-9,12H2;(H,6,7)/t18-;/m0./s1. The van der Waals surface area contributed by atoms with Crippen molar-refractivity contribution in [3.8, 4) is 17.1 Å². The Labute approximate surface area is 175 Å². The van der Waals surface area contributed by atoms with Gasteiger partial charge in [-0.1, -0.05) is 0 Å². The molecule has 5 heterocycles. The van der Waals surface area contributed by atoms with Gasteiger partial charge in [0.15, 0.2) is 0 Å². The van der Waals surface area contributed by atoms with Gasteiger partial charge in [0, 0.05) is 23.6 Å². The maximum atomic E-state index is 10.6. The van der Waals surface area contributed by atoms with Crippen LogP contribution in [0.4, 0.5) is 13.2 Å². The van der Waals surface area contributed by atoms with Crippen molar-refractivity contribution in [2.45, 2.75) is 25.1 Å². The lowest BCUT2D eigenvalue weighted by Gasteiger charge is -2.44. The lowest BCUT2D eigenvalue weighted by Crippen LogP contribution is -2.52. The molecule has 0 unspecified atom stereocenters. The van der Waals surface area contributed by atoms with Crippen molar-refractivity contribution >= 4 is 16.9 Å². The molecule has 3 aliphatic heterocycles. The van der Waals surface area contributed by atoms with E-state index in [1.54, 1.807) is 6.26 Å². The fourth-order valence-corrected chi connectivity index (χ4v) is 3.86. The minimum absolute atomic E-state index is 0.259. The van der Waals surface area contributed by atoms with Crippen molar-refractivity contribution in [3.63, 3.8) is 0 Å². The smallest absolute Gasteiger partial charge is 0.475 e. The summed E-state index contributed by atoms with van der Waals surface area (Å²) in [7, 11) is 0. The van der Waals surface area contributed by atoms with Crippen molar-refractivity contribution in [1.29, 1.82) is 0 Å². The highest BCUT2D eigenvalue weighted by atomic mass is 19.4. The van der Waals surface area contributed by atoms with Gasteiger partial charge in [0.1, 0.15) is 11.7 Å². The van der Waals surface area contributed by atoms with Gasteiger partial charge in [0.2, 0.25) is 5.88 Å². The predicted octanol–water partition coefficient (Wildman–Crippen LogP) is 4.00. The van der Waals surface area contributed by atoms with Crippen LogP contribution < -0.4 is 4.74 Å². The Bertz CT molecular complexity index is 1040. The van der Waals surface area contributed by atoms with Crippen LogP contribution in [-0.4, -0.2) is 58.1 Å². The van der Waals surface area contributed by atoms with Gasteiger partial charge < -0.3 is 14.3 Å². The third-order valence-corrected chi connectivity index (χ3v) is 5.50. The van der Waals surface area contributed by atoms with Crippen LogP contribution in [0.25, 0.3) is 22.2 Å². The molecule has 0 saturated carbocycles. The zero-order chi connectivity index (χ0) is 22.0. The summed E-state index contributed by atoms with van der Waals surface area (Å²) in [6, 6.07) is 11.9. The quantitative estimate of drug-likeness (QED) is 0.665. The lowest BCUT2D eigenvalue weighted by atomic mass is 9.86. The number of nitrogens with zero attached hydrogens (tertiary/aromatic N) is 3. The number of fused-ring (bicyclic) bond motifs is 4. The summed E-state index contributed by atoms with van der Waals surface area (Å²) in [6.45, 7) is 3.45. The number of carboxylic acids is 1. The molecule has 3 fully saturated rings. The van der Waals surface area contributed by atoms with E-state index in [1.165, 1.54) is 25.9 Å². The molecule has 1 N–H and O–H groups in total. The van der Waals surface area contributed by atoms with E-state index in [-0.39, 0.29) is 6.10 Å². The molecule has 3 aliphatic rings. The molecule has 7 nitrogen and oxygen atoms in total. The molecule has 1 aromatic carbocycles. The highest BCUT2D eigenvalue weighted by Crippen LogP contribution is 2.30. The van der Waals surface area contributed by atoms with Gasteiger partial charge in [-0.25, -0.2) is 4.79 Å². The number of furan rings is 1. The molecule has 1 atom stereocenters. The van der Waals surface area contributed by atoms with Crippen LogP contribution in [-0.2, 0) is 4.79 Å². The van der Waals surface area contributed by atoms with Gasteiger partial charge in [0.05, 0.1) is 12.0 Å². The first-order valence-electron chi connectivity index (χ1n) is 9.80. The molecular weight excluding hydrogens is 415 g/mol. The van der Waals surface area contributed by atoms with Crippen molar-refractivity contribution < 1.29 is 32.2 Å². The maximum Gasteiger partial charge on any atom is 0.490 e. The van der Waals surface area contributed by atoms with Crippen LogP contribution in [0.3, 0.4) is 0 Å². The number of ether oxygens (including phenoxy) is 1. The largest absolute Gasteiger partial charge is 0.490 e. The third kappa shape index (κ3) is 4.96. The van der Waals surface area contributed by atoms with Crippen LogP contribution in [0.2, 0.25) is 0 Å². The summed E-state index contributed by atoms with van der Waals surface area (Å²) in [4.78, 5) is 11.4. The zero-order valence-electron chi connectivity index (χ0n) is 16.4. The van der Waals surface area contributed by atoms with Gasteiger partial charge in [-0.05, 0) is 62.2 Å². The first kappa shape index (κ1) is 21.1. The third-order valence-electron chi connectivity index (χ3n) is 5.50. The number of hydrogen-bond acceptors (Lipinski definition) is 6. The number of aromatic nitrogens is 2. The van der Waals surface area contributed by atoms with Crippen LogP contribution in [0.5, 0.6) is 5.88 Å². The molecule has 31 heavy (non-hydrogen) atoms. The fourth-order valence-electron chi connectivity index (χ4n) is 3.86. The van der Waals surface area contributed by atoms with E-state index in [4.69, 9.17) is 19.1 Å². The molecule has 6 rings (SSSR count). The van der Waals surface area contributed by atoms with Crippen LogP contribution in [0.15, 0.2) is 47.1 Å². The molecular formula is C21H20F3N3O4. The van der Waals surface area contributed by atoms with Gasteiger partial charge in [-0.15, -0.1) is 10.2 Å². The maximum absolute atomic E-state index is 10.6. The number of piperidine rings is 3. The summed E-state index contributed by atoms with van der Waals surface area (Å²) in [5.41, 5.74) is 2.76. The number of rotatable bonds is 3. The van der Waals surface area contributed by atoms with Crippen molar-refractivity contribution in [2.24, 2.45) is 5.92 Å². The second-order valence-electron chi connectivity index (χ2n) is 7.53. The van der Waals surface area contributed by atoms with E-state index in [0.29, 0.717) is 11.8 Å². The monoisotopic (exact) mass is 435 g/mol. The topological polar surface area (TPSA) is 88.7 Å². The molecule has 3 saturated heterocycles. The minimum Gasteiger partial charge on any atom is -0.475 e. The number of carboxylic acid groups (broad SMARTS) is 1. The lowest BCUT2D eigenvalue weighted by molar-refractivity contribution is -0.192. The van der Waals surface area contributed by atoms with Crippen LogP contribution >= 0.6 is 0 Å². The van der Waals surface area contributed by atoms with Crippen molar-refractivity contribution in [2.75, 3.05) is 19.6 Å². The molecule has 2 bridgehead atoms. The second-order valence-corrected chi connectivity index (χ2v) is 7.53. The zero-order valence-corrected chi connectivity index (χ0v) is 16.4. The normalized spacial score (nSPS) is 22.6. The molecule has 164 valence electrons. The van der Waals surface area contributed by atoms with E-state index < -0.39 is 12.1 Å². The first-order chi connectivity index (χ1) is 14.8. The Morgan fingerprint density at radius 3 is 2.45 bits per heavy atom. The number of aliphatic carboxylic acids is 1. The van der Waals surface area contributed by atoms with Crippen molar-refractivity contribution in [3.05, 3.63) is 42.7 Å².